The number of ether oxygens (including phenoxy) is 1. The number of carbonyl (C=O) groups excluding carboxylic acids is 1. The highest BCUT2D eigenvalue weighted by Crippen LogP contribution is 2.41. The average molecular weight is 365 g/mol. The molecule has 3 heteroatoms. The Balaban J connectivity index is 2.14. The van der Waals surface area contributed by atoms with E-state index in [9.17, 15) is 4.79 Å². The van der Waals surface area contributed by atoms with Crippen LogP contribution < -0.4 is 10.4 Å². The van der Waals surface area contributed by atoms with E-state index in [1.807, 2.05) is 13.0 Å². The van der Waals surface area contributed by atoms with Crippen LogP contribution in [0.25, 0.3) is 0 Å². The maximum Gasteiger partial charge on any atom is 0.334 e. The van der Waals surface area contributed by atoms with Crippen molar-refractivity contribution < 1.29 is 9.53 Å². The molecule has 0 radical (unpaired) electrons. The summed E-state index contributed by atoms with van der Waals surface area (Å²) in [6.07, 6.45) is 2.58. The molecule has 1 saturated heterocycles. The summed E-state index contributed by atoms with van der Waals surface area (Å²) >= 11 is 0. The molecule has 0 N–H and O–H groups in total. The van der Waals surface area contributed by atoms with Crippen molar-refractivity contribution in [1.29, 1.82) is 0 Å². The zero-order chi connectivity index (χ0) is 18.8. The molecular weight excluding hydrogens is 336 g/mol. The van der Waals surface area contributed by atoms with Crippen LogP contribution in [0.1, 0.15) is 34.1 Å². The number of allylic oxidation sites excluding steroid dienone is 1. The second-order valence-corrected chi connectivity index (χ2v) is 13.0. The van der Waals surface area contributed by atoms with Crippen LogP contribution in [-0.2, 0) is 9.53 Å². The van der Waals surface area contributed by atoms with Crippen molar-refractivity contribution in [3.05, 3.63) is 72.3 Å². The minimum atomic E-state index is -2.19. The molecule has 2 nitrogen and oxygen atoms in total. The van der Waals surface area contributed by atoms with E-state index < -0.39 is 8.07 Å². The predicted octanol–water partition coefficient (Wildman–Crippen LogP) is 4.31. The Morgan fingerprint density at radius 2 is 1.50 bits per heavy atom. The molecule has 1 aliphatic heterocycles. The molecule has 1 unspecified atom stereocenters. The van der Waals surface area contributed by atoms with Crippen molar-refractivity contribution in [3.8, 4) is 0 Å². The van der Waals surface area contributed by atoms with Gasteiger partial charge in [-0.15, -0.1) is 0 Å². The molecule has 3 rings (SSSR count). The highest BCUT2D eigenvalue weighted by molar-refractivity contribution is 7.04. The van der Waals surface area contributed by atoms with E-state index in [0.29, 0.717) is 0 Å². The molecule has 1 aliphatic rings. The van der Waals surface area contributed by atoms with E-state index in [2.05, 4.69) is 81.4 Å². The number of cyclic esters (lactones) is 1. The van der Waals surface area contributed by atoms with Crippen LogP contribution in [0.15, 0.2) is 72.3 Å². The van der Waals surface area contributed by atoms with Crippen molar-refractivity contribution in [3.63, 3.8) is 0 Å². The fourth-order valence-corrected chi connectivity index (χ4v) is 9.89. The van der Waals surface area contributed by atoms with Gasteiger partial charge < -0.3 is 4.74 Å². The molecule has 0 amide bonds. The van der Waals surface area contributed by atoms with Gasteiger partial charge in [0.15, 0.2) is 0 Å². The van der Waals surface area contributed by atoms with Crippen LogP contribution in [0.2, 0.25) is 11.1 Å². The maximum absolute atomic E-state index is 12.1. The van der Waals surface area contributed by atoms with E-state index in [1.165, 1.54) is 10.4 Å². The third-order valence-electron chi connectivity index (χ3n) is 5.68. The normalized spacial score (nSPS) is 19.6. The number of benzene rings is 2. The van der Waals surface area contributed by atoms with Crippen LogP contribution in [0.5, 0.6) is 0 Å². The molecule has 0 aromatic heterocycles. The van der Waals surface area contributed by atoms with Crippen LogP contribution >= 0.6 is 0 Å². The fourth-order valence-electron chi connectivity index (χ4n) is 4.31. The van der Waals surface area contributed by atoms with E-state index in [1.54, 1.807) is 0 Å². The summed E-state index contributed by atoms with van der Waals surface area (Å²) in [7, 11) is -2.19. The first-order chi connectivity index (χ1) is 12.4. The fraction of sp³-hybridized carbons (Fsp3) is 0.348. The Morgan fingerprint density at radius 1 is 1.00 bits per heavy atom. The zero-order valence-corrected chi connectivity index (χ0v) is 17.2. The minimum Gasteiger partial charge on any atom is -0.459 e. The van der Waals surface area contributed by atoms with Crippen LogP contribution in [0.4, 0.5) is 0 Å². The summed E-state index contributed by atoms with van der Waals surface area (Å²) in [5.41, 5.74) is 0.813. The van der Waals surface area contributed by atoms with Crippen molar-refractivity contribution in [2.45, 2.75) is 51.3 Å². The highest BCUT2D eigenvalue weighted by atomic mass is 28.3. The van der Waals surface area contributed by atoms with Crippen molar-refractivity contribution in [2.24, 2.45) is 0 Å². The van der Waals surface area contributed by atoms with Gasteiger partial charge in [0.2, 0.25) is 0 Å². The van der Waals surface area contributed by atoms with Gasteiger partial charge in [0.05, 0.1) is 0 Å². The minimum absolute atomic E-state index is 0.0417. The number of carbonyl (C=O) groups is 1. The van der Waals surface area contributed by atoms with E-state index in [0.717, 1.165) is 18.0 Å². The monoisotopic (exact) mass is 364 g/mol. The van der Waals surface area contributed by atoms with Gasteiger partial charge in [0.1, 0.15) is 14.2 Å². The van der Waals surface area contributed by atoms with Gasteiger partial charge >= 0.3 is 5.97 Å². The van der Waals surface area contributed by atoms with E-state index in [-0.39, 0.29) is 17.1 Å². The second kappa shape index (κ2) is 7.24. The molecule has 136 valence electrons. The molecule has 1 fully saturated rings. The number of hydrogen-bond donors (Lipinski definition) is 0. The molecule has 1 heterocycles. The molecule has 26 heavy (non-hydrogen) atoms. The summed E-state index contributed by atoms with van der Waals surface area (Å²) in [4.78, 5) is 12.1. The lowest BCUT2D eigenvalue weighted by atomic mass is 10.2. The third kappa shape index (κ3) is 3.28. The first-order valence-electron chi connectivity index (χ1n) is 9.35. The number of esters is 1. The van der Waals surface area contributed by atoms with Gasteiger partial charge in [-0.3, -0.25) is 0 Å². The van der Waals surface area contributed by atoms with Gasteiger partial charge in [-0.05, 0) is 18.0 Å². The van der Waals surface area contributed by atoms with Crippen LogP contribution in [-0.4, -0.2) is 20.1 Å². The Kier molecular flexibility index (Phi) is 5.19. The maximum atomic E-state index is 12.1. The third-order valence-corrected chi connectivity index (χ3v) is 11.9. The summed E-state index contributed by atoms with van der Waals surface area (Å²) in [5.74, 6) is -0.143. The van der Waals surface area contributed by atoms with Gasteiger partial charge in [-0.1, -0.05) is 97.9 Å². The number of rotatable bonds is 4. The Hall–Kier alpha value is -2.13. The molecular formula is C23H28O2Si. The second-order valence-electron chi connectivity index (χ2n) is 8.14. The molecule has 0 saturated carbocycles. The van der Waals surface area contributed by atoms with Crippen molar-refractivity contribution in [1.82, 2.24) is 0 Å². The number of hydrogen-bond acceptors (Lipinski definition) is 2. The summed E-state index contributed by atoms with van der Waals surface area (Å²) < 4.78 is 5.79. The SMILES string of the molecule is C/C=C1/CC(C[Si](c2ccccc2)(c2ccccc2)C(C)(C)C)OC1=O. The highest BCUT2D eigenvalue weighted by Gasteiger charge is 2.50. The van der Waals surface area contributed by atoms with Crippen LogP contribution in [0, 0.1) is 0 Å². The van der Waals surface area contributed by atoms with Crippen molar-refractivity contribution in [2.75, 3.05) is 0 Å². The van der Waals surface area contributed by atoms with Crippen molar-refractivity contribution >= 4 is 24.4 Å². The summed E-state index contributed by atoms with van der Waals surface area (Å²) in [6, 6.07) is 22.6. The zero-order valence-electron chi connectivity index (χ0n) is 16.2. The lowest BCUT2D eigenvalue weighted by molar-refractivity contribution is -0.138. The smallest absolute Gasteiger partial charge is 0.334 e. The van der Waals surface area contributed by atoms with Gasteiger partial charge in [-0.25, -0.2) is 4.79 Å². The predicted molar refractivity (Wildman–Crippen MR) is 111 cm³/mol. The molecule has 2 aromatic rings. The van der Waals surface area contributed by atoms with Gasteiger partial charge in [-0.2, -0.15) is 0 Å². The van der Waals surface area contributed by atoms with Gasteiger partial charge in [0.25, 0.3) is 0 Å². The largest absolute Gasteiger partial charge is 0.459 e. The molecule has 2 aromatic carbocycles. The van der Waals surface area contributed by atoms with Gasteiger partial charge in [0, 0.05) is 12.0 Å². The lowest BCUT2D eigenvalue weighted by Gasteiger charge is -2.45. The molecule has 1 atom stereocenters. The average Bonchev–Trinajstić information content (AvgIpc) is 2.99. The van der Waals surface area contributed by atoms with E-state index in [4.69, 9.17) is 4.74 Å². The summed E-state index contributed by atoms with van der Waals surface area (Å²) in [5, 5.41) is 2.90. The lowest BCUT2D eigenvalue weighted by Crippen LogP contribution is -2.65. The first kappa shape index (κ1) is 18.7. The topological polar surface area (TPSA) is 26.3 Å². The quantitative estimate of drug-likeness (QED) is 0.459. The molecule has 0 aliphatic carbocycles. The van der Waals surface area contributed by atoms with E-state index >= 15 is 0 Å². The van der Waals surface area contributed by atoms with Crippen LogP contribution in [0.3, 0.4) is 0 Å². The Labute approximate surface area is 157 Å². The standard InChI is InChI=1S/C23H28O2Si/c1-5-18-16-19(25-22(18)24)17-26(23(2,3)4,20-12-8-6-9-13-20)21-14-10-7-11-15-21/h5-15,19H,16-17H2,1-4H3/b18-5-. The first-order valence-corrected chi connectivity index (χ1v) is 11.6. The Bertz CT molecular complexity index is 748. The summed E-state index contributed by atoms with van der Waals surface area (Å²) in [6.45, 7) is 8.94. The Morgan fingerprint density at radius 3 is 1.88 bits per heavy atom. The molecule has 0 spiro atoms. The molecule has 0 bridgehead atoms.